The van der Waals surface area contributed by atoms with Gasteiger partial charge < -0.3 is 39.0 Å². The molecule has 1 rings (SSSR count). The fraction of sp³-hybridized carbons (Fsp3) is 0.710. The summed E-state index contributed by atoms with van der Waals surface area (Å²) in [6, 6.07) is 0. The van der Waals surface area contributed by atoms with Gasteiger partial charge >= 0.3 is 23.9 Å². The summed E-state index contributed by atoms with van der Waals surface area (Å²) in [5.74, 6) is -3.20. The largest absolute Gasteiger partial charge is 0.479 e. The third kappa shape index (κ3) is 45.8. The third-order valence-electron chi connectivity index (χ3n) is 14.2. The van der Waals surface area contributed by atoms with Gasteiger partial charge in [0.25, 0.3) is 0 Å². The quantitative estimate of drug-likeness (QED) is 0.0228. The lowest BCUT2D eigenvalue weighted by Gasteiger charge is -2.40. The van der Waals surface area contributed by atoms with Gasteiger partial charge in [-0.2, -0.15) is 0 Å². The number of esters is 3. The van der Waals surface area contributed by atoms with Crippen molar-refractivity contribution in [2.24, 2.45) is 0 Å². The molecule has 1 aliphatic heterocycles. The summed E-state index contributed by atoms with van der Waals surface area (Å²) < 4.78 is 28.5. The van der Waals surface area contributed by atoms with E-state index in [-0.39, 0.29) is 25.9 Å². The van der Waals surface area contributed by atoms with Crippen LogP contribution in [0.2, 0.25) is 0 Å². The Kier molecular flexibility index (Phi) is 51.7. The first-order valence-electron chi connectivity index (χ1n) is 32.2. The number of carbonyl (C=O) groups is 4. The highest BCUT2D eigenvalue weighted by atomic mass is 16.7. The van der Waals surface area contributed by atoms with Crippen molar-refractivity contribution in [3.63, 3.8) is 0 Å². The molecule has 12 nitrogen and oxygen atoms in total. The lowest BCUT2D eigenvalue weighted by Crippen LogP contribution is -2.61. The molecule has 0 bridgehead atoms. The Bertz CT molecular complexity index is 1780. The van der Waals surface area contributed by atoms with Gasteiger partial charge in [0, 0.05) is 19.3 Å². The fourth-order valence-electron chi connectivity index (χ4n) is 9.29. The smallest absolute Gasteiger partial charge is 0.335 e. The van der Waals surface area contributed by atoms with Crippen LogP contribution in [0.4, 0.5) is 0 Å². The highest BCUT2D eigenvalue weighted by molar-refractivity contribution is 5.74. The molecule has 1 aliphatic rings. The Labute approximate surface area is 492 Å². The molecule has 1 fully saturated rings. The van der Waals surface area contributed by atoms with Crippen LogP contribution in [0.3, 0.4) is 0 Å². The van der Waals surface area contributed by atoms with Crippen molar-refractivity contribution in [1.82, 2.24) is 0 Å². The molecule has 81 heavy (non-hydrogen) atoms. The first kappa shape index (κ1) is 74.7. The Morgan fingerprint density at radius 1 is 0.420 bits per heavy atom. The predicted octanol–water partition coefficient (Wildman–Crippen LogP) is 17.2. The Hall–Kier alpha value is -4.36. The number of carbonyl (C=O) groups excluding carboxylic acids is 3. The number of aliphatic carboxylic acids is 1. The number of unbranched alkanes of at least 4 members (excludes halogenated alkanes) is 24. The number of allylic oxidation sites excluding steroid dienone is 16. The average molecular weight is 1140 g/mol. The van der Waals surface area contributed by atoms with Crippen molar-refractivity contribution < 1.29 is 58.2 Å². The van der Waals surface area contributed by atoms with Gasteiger partial charge in [0.15, 0.2) is 24.6 Å². The standard InChI is InChI=1S/C69H114O12/c1-4-7-10-13-16-19-22-25-27-29-31-33-35-38-40-43-46-49-52-55-61(70)77-58-60(79-62(71)56-53-50-47-44-42-39-36-34-32-30-28-26-23-20-17-14-11-8-5-2)59-78-69-67(65(74)64(73)66(81-69)68(75)76)80-63(72)57-54-51-48-45-41-37-24-21-18-15-12-9-6-3/h7,9-10,12,16,18-19,21,25,27,31,33,37-38,40-41,60,64-67,69,73-74H,4-6,8,11,13-15,17,20,22-24,26,28-30,32,34-36,39,42-59H2,1-3H3,(H,75,76)/b10-7-,12-9-,19-16-,21-18-,27-25-,33-31-,40-38-,41-37-. The second kappa shape index (κ2) is 56.1. The van der Waals surface area contributed by atoms with E-state index in [1.807, 2.05) is 0 Å². The number of rotatable bonds is 54. The van der Waals surface area contributed by atoms with E-state index >= 15 is 0 Å². The van der Waals surface area contributed by atoms with E-state index in [2.05, 4.69) is 118 Å². The zero-order valence-electron chi connectivity index (χ0n) is 51.0. The van der Waals surface area contributed by atoms with Crippen molar-refractivity contribution in [3.05, 3.63) is 97.2 Å². The average Bonchev–Trinajstić information content (AvgIpc) is 3.46. The number of hydrogen-bond acceptors (Lipinski definition) is 11. The van der Waals surface area contributed by atoms with Gasteiger partial charge in [-0.15, -0.1) is 0 Å². The third-order valence-corrected chi connectivity index (χ3v) is 14.2. The molecule has 0 aromatic heterocycles. The van der Waals surface area contributed by atoms with Crippen LogP contribution < -0.4 is 0 Å². The van der Waals surface area contributed by atoms with Crippen molar-refractivity contribution in [1.29, 1.82) is 0 Å². The highest BCUT2D eigenvalue weighted by Gasteiger charge is 2.50. The van der Waals surface area contributed by atoms with Crippen LogP contribution in [0.25, 0.3) is 0 Å². The summed E-state index contributed by atoms with van der Waals surface area (Å²) in [5.41, 5.74) is 0. The maximum atomic E-state index is 13.2. The molecule has 6 unspecified atom stereocenters. The first-order chi connectivity index (χ1) is 39.6. The van der Waals surface area contributed by atoms with Crippen molar-refractivity contribution in [3.8, 4) is 0 Å². The molecular formula is C69H114O12. The van der Waals surface area contributed by atoms with Gasteiger partial charge in [-0.1, -0.05) is 246 Å². The van der Waals surface area contributed by atoms with E-state index in [0.29, 0.717) is 19.3 Å². The Balaban J connectivity index is 2.69. The molecule has 6 atom stereocenters. The van der Waals surface area contributed by atoms with Gasteiger partial charge in [0.1, 0.15) is 18.8 Å². The molecule has 0 spiro atoms. The van der Waals surface area contributed by atoms with E-state index in [1.54, 1.807) is 0 Å². The van der Waals surface area contributed by atoms with E-state index in [1.165, 1.54) is 96.3 Å². The lowest BCUT2D eigenvalue weighted by atomic mass is 9.98. The van der Waals surface area contributed by atoms with Gasteiger partial charge in [-0.05, 0) is 96.3 Å². The summed E-state index contributed by atoms with van der Waals surface area (Å²) in [6.45, 7) is 5.75. The number of aliphatic hydroxyl groups excluding tert-OH is 2. The van der Waals surface area contributed by atoms with Crippen LogP contribution in [0.15, 0.2) is 97.2 Å². The highest BCUT2D eigenvalue weighted by Crippen LogP contribution is 2.26. The minimum Gasteiger partial charge on any atom is -0.479 e. The predicted molar refractivity (Wildman–Crippen MR) is 331 cm³/mol. The van der Waals surface area contributed by atoms with Gasteiger partial charge in [0.05, 0.1) is 6.61 Å². The van der Waals surface area contributed by atoms with Crippen LogP contribution in [0.1, 0.15) is 265 Å². The first-order valence-corrected chi connectivity index (χ1v) is 32.2. The zero-order valence-corrected chi connectivity index (χ0v) is 51.0. The van der Waals surface area contributed by atoms with Gasteiger partial charge in [-0.25, -0.2) is 4.79 Å². The summed E-state index contributed by atoms with van der Waals surface area (Å²) >= 11 is 0. The molecule has 0 aromatic rings. The molecule has 0 saturated carbocycles. The second-order valence-electron chi connectivity index (χ2n) is 21.6. The van der Waals surface area contributed by atoms with E-state index in [9.17, 15) is 34.5 Å². The van der Waals surface area contributed by atoms with E-state index in [4.69, 9.17) is 23.7 Å². The summed E-state index contributed by atoms with van der Waals surface area (Å²) in [5, 5.41) is 31.5. The SMILES string of the molecule is CC/C=C\C/C=C\C/C=C\C/C=C\C/C=C\CCCCCC(=O)OCC(COC1OC(C(=O)O)C(O)C(O)C1OC(=O)CCCCC/C=C\C/C=C\C/C=C\CC)OC(=O)CCCCCCCCCCCCCCCCCCCCC. The van der Waals surface area contributed by atoms with Gasteiger partial charge in [-0.3, -0.25) is 14.4 Å². The maximum Gasteiger partial charge on any atom is 0.335 e. The van der Waals surface area contributed by atoms with Crippen molar-refractivity contribution in [2.75, 3.05) is 13.2 Å². The van der Waals surface area contributed by atoms with Gasteiger partial charge in [0.2, 0.25) is 0 Å². The van der Waals surface area contributed by atoms with Crippen LogP contribution in [-0.4, -0.2) is 89.2 Å². The molecule has 0 radical (unpaired) electrons. The van der Waals surface area contributed by atoms with E-state index in [0.717, 1.165) is 109 Å². The number of ether oxygens (including phenoxy) is 5. The summed E-state index contributed by atoms with van der Waals surface area (Å²) in [7, 11) is 0. The van der Waals surface area contributed by atoms with Crippen LogP contribution in [0, 0.1) is 0 Å². The fourth-order valence-corrected chi connectivity index (χ4v) is 9.29. The Morgan fingerprint density at radius 2 is 0.778 bits per heavy atom. The summed E-state index contributed by atoms with van der Waals surface area (Å²) in [4.78, 5) is 51.3. The molecular weight excluding hydrogens is 1020 g/mol. The van der Waals surface area contributed by atoms with Crippen LogP contribution >= 0.6 is 0 Å². The zero-order chi connectivity index (χ0) is 58.9. The number of carboxylic acids is 1. The van der Waals surface area contributed by atoms with Crippen molar-refractivity contribution >= 4 is 23.9 Å². The molecule has 0 aromatic carbocycles. The topological polar surface area (TPSA) is 175 Å². The molecule has 12 heteroatoms. The number of hydrogen-bond donors (Lipinski definition) is 3. The number of aliphatic hydroxyl groups is 2. The minimum atomic E-state index is -1.92. The monoisotopic (exact) mass is 1130 g/mol. The maximum absolute atomic E-state index is 13.2. The molecule has 1 heterocycles. The normalized spacial score (nSPS) is 18.4. The molecule has 462 valence electrons. The molecule has 0 aliphatic carbocycles. The van der Waals surface area contributed by atoms with Crippen LogP contribution in [0.5, 0.6) is 0 Å². The number of carboxylic acid groups (broad SMARTS) is 1. The molecule has 3 N–H and O–H groups in total. The molecule has 1 saturated heterocycles. The van der Waals surface area contributed by atoms with Crippen LogP contribution in [-0.2, 0) is 42.9 Å². The van der Waals surface area contributed by atoms with E-state index < -0.39 is 67.3 Å². The molecule has 0 amide bonds. The van der Waals surface area contributed by atoms with Crippen molar-refractivity contribution in [2.45, 2.75) is 302 Å². The lowest BCUT2D eigenvalue weighted by molar-refractivity contribution is -0.301. The summed E-state index contributed by atoms with van der Waals surface area (Å²) in [6.07, 6.45) is 62.3. The Morgan fingerprint density at radius 3 is 1.19 bits per heavy atom. The minimum absolute atomic E-state index is 0.0190. The second-order valence-corrected chi connectivity index (χ2v) is 21.6.